The molecule has 5 heteroatoms. The van der Waals surface area contributed by atoms with Gasteiger partial charge in [-0.3, -0.25) is 9.59 Å². The molecule has 0 aromatic rings. The third-order valence-electron chi connectivity index (χ3n) is 3.15. The van der Waals surface area contributed by atoms with Crippen LogP contribution in [0.1, 0.15) is 25.7 Å². The van der Waals surface area contributed by atoms with E-state index in [-0.39, 0.29) is 24.0 Å². The van der Waals surface area contributed by atoms with Gasteiger partial charge in [-0.2, -0.15) is 0 Å². The minimum atomic E-state index is -0.851. The summed E-state index contributed by atoms with van der Waals surface area (Å²) in [4.78, 5) is 22.3. The quantitative estimate of drug-likeness (QED) is 0.691. The molecule has 0 radical (unpaired) electrons. The van der Waals surface area contributed by atoms with E-state index in [2.05, 4.69) is 0 Å². The Morgan fingerprint density at radius 1 is 1.50 bits per heavy atom. The average Bonchev–Trinajstić information content (AvgIpc) is 2.56. The molecule has 0 amide bonds. The lowest BCUT2D eigenvalue weighted by Crippen LogP contribution is -2.25. The lowest BCUT2D eigenvalue weighted by Gasteiger charge is -2.21. The summed E-state index contributed by atoms with van der Waals surface area (Å²) in [6.07, 6.45) is 1.21. The summed E-state index contributed by atoms with van der Waals surface area (Å²) >= 11 is 0. The monoisotopic (exact) mass is 230 g/mol. The maximum absolute atomic E-state index is 11.6. The zero-order chi connectivity index (χ0) is 12.1. The number of carbonyl (C=O) groups excluding carboxylic acids is 1. The van der Waals surface area contributed by atoms with Crippen molar-refractivity contribution < 1.29 is 24.2 Å². The Bertz CT molecular complexity index is 259. The number of rotatable bonds is 6. The van der Waals surface area contributed by atoms with Crippen LogP contribution < -0.4 is 0 Å². The predicted octanol–water partition coefficient (Wildman–Crippen LogP) is 1.07. The third-order valence-corrected chi connectivity index (χ3v) is 3.15. The molecule has 0 bridgehead atoms. The molecule has 5 nitrogen and oxygen atoms in total. The van der Waals surface area contributed by atoms with Crippen LogP contribution in [0, 0.1) is 11.8 Å². The van der Waals surface area contributed by atoms with Gasteiger partial charge in [-0.05, 0) is 12.3 Å². The topological polar surface area (TPSA) is 72.8 Å². The number of carboxylic acids is 1. The summed E-state index contributed by atoms with van der Waals surface area (Å²) < 4.78 is 10.1. The van der Waals surface area contributed by atoms with Gasteiger partial charge in [-0.25, -0.2) is 0 Å². The second kappa shape index (κ2) is 5.96. The Morgan fingerprint density at radius 2 is 2.12 bits per heavy atom. The largest absolute Gasteiger partial charge is 0.481 e. The Hall–Kier alpha value is -0.940. The van der Waals surface area contributed by atoms with Gasteiger partial charge in [0.1, 0.15) is 5.78 Å². The smallest absolute Gasteiger partial charge is 0.303 e. The van der Waals surface area contributed by atoms with Crippen LogP contribution in [-0.2, 0) is 19.1 Å². The van der Waals surface area contributed by atoms with Gasteiger partial charge in [0.2, 0.25) is 0 Å². The molecule has 0 aromatic heterocycles. The lowest BCUT2D eigenvalue weighted by molar-refractivity contribution is -0.141. The van der Waals surface area contributed by atoms with E-state index in [0.717, 1.165) is 0 Å². The third kappa shape index (κ3) is 3.28. The molecule has 1 fully saturated rings. The molecular formula is C11H18O5. The number of Topliss-reactive ketones (excluding diaryl/α,β-unsaturated/α-hetero) is 1. The van der Waals surface area contributed by atoms with Gasteiger partial charge in [0, 0.05) is 39.4 Å². The number of hydrogen-bond acceptors (Lipinski definition) is 4. The van der Waals surface area contributed by atoms with Gasteiger partial charge >= 0.3 is 5.97 Å². The maximum atomic E-state index is 11.6. The number of hydrogen-bond donors (Lipinski definition) is 1. The van der Waals surface area contributed by atoms with Gasteiger partial charge in [0.15, 0.2) is 6.29 Å². The molecule has 2 unspecified atom stereocenters. The van der Waals surface area contributed by atoms with Gasteiger partial charge in [0.25, 0.3) is 0 Å². The fourth-order valence-electron chi connectivity index (χ4n) is 2.27. The predicted molar refractivity (Wildman–Crippen MR) is 55.9 cm³/mol. The van der Waals surface area contributed by atoms with Crippen molar-refractivity contribution in [1.29, 1.82) is 0 Å². The van der Waals surface area contributed by atoms with E-state index in [1.165, 1.54) is 14.2 Å². The van der Waals surface area contributed by atoms with Crippen LogP contribution in [0.2, 0.25) is 0 Å². The average molecular weight is 230 g/mol. The summed E-state index contributed by atoms with van der Waals surface area (Å²) in [5, 5.41) is 8.75. The van der Waals surface area contributed by atoms with Crippen molar-refractivity contribution in [3.63, 3.8) is 0 Å². The molecule has 92 valence electrons. The highest BCUT2D eigenvalue weighted by Crippen LogP contribution is 2.34. The van der Waals surface area contributed by atoms with Crippen molar-refractivity contribution in [3.8, 4) is 0 Å². The molecule has 16 heavy (non-hydrogen) atoms. The molecule has 0 aromatic carbocycles. The normalized spacial score (nSPS) is 25.3. The summed E-state index contributed by atoms with van der Waals surface area (Å²) in [6.45, 7) is 0. The first-order valence-corrected chi connectivity index (χ1v) is 5.38. The molecule has 1 saturated carbocycles. The van der Waals surface area contributed by atoms with E-state index in [0.29, 0.717) is 19.3 Å². The van der Waals surface area contributed by atoms with Gasteiger partial charge in [-0.15, -0.1) is 0 Å². The molecule has 0 saturated heterocycles. The lowest BCUT2D eigenvalue weighted by atomic mass is 9.89. The highest BCUT2D eigenvalue weighted by Gasteiger charge is 2.37. The number of carbonyl (C=O) groups is 2. The summed E-state index contributed by atoms with van der Waals surface area (Å²) in [5.41, 5.74) is 0. The SMILES string of the molecule is COC(CC1C(=O)CCC1CC(=O)O)OC. The molecule has 1 N–H and O–H groups in total. The maximum Gasteiger partial charge on any atom is 0.303 e. The Kier molecular flexibility index (Phi) is 4.89. The van der Waals surface area contributed by atoms with Crippen LogP contribution in [0.4, 0.5) is 0 Å². The number of ether oxygens (including phenoxy) is 2. The number of methoxy groups -OCH3 is 2. The fourth-order valence-corrected chi connectivity index (χ4v) is 2.27. The van der Waals surface area contributed by atoms with Crippen LogP contribution in [0.15, 0.2) is 0 Å². The molecule has 1 rings (SSSR count). The van der Waals surface area contributed by atoms with Gasteiger partial charge < -0.3 is 14.6 Å². The van der Waals surface area contributed by atoms with E-state index < -0.39 is 12.3 Å². The van der Waals surface area contributed by atoms with Crippen molar-refractivity contribution in [3.05, 3.63) is 0 Å². The van der Waals surface area contributed by atoms with Crippen molar-refractivity contribution in [1.82, 2.24) is 0 Å². The van der Waals surface area contributed by atoms with Crippen molar-refractivity contribution in [2.75, 3.05) is 14.2 Å². The van der Waals surface area contributed by atoms with E-state index in [4.69, 9.17) is 14.6 Å². The van der Waals surface area contributed by atoms with Crippen LogP contribution >= 0.6 is 0 Å². The van der Waals surface area contributed by atoms with E-state index in [9.17, 15) is 9.59 Å². The van der Waals surface area contributed by atoms with Crippen LogP contribution in [0.3, 0.4) is 0 Å². The van der Waals surface area contributed by atoms with Crippen molar-refractivity contribution >= 4 is 11.8 Å². The van der Waals surface area contributed by atoms with Crippen LogP contribution in [0.25, 0.3) is 0 Å². The molecule has 2 atom stereocenters. The highest BCUT2D eigenvalue weighted by atomic mass is 16.7. The van der Waals surface area contributed by atoms with Gasteiger partial charge in [-0.1, -0.05) is 0 Å². The highest BCUT2D eigenvalue weighted by molar-refractivity contribution is 5.84. The Balaban J connectivity index is 2.58. The first-order chi connectivity index (χ1) is 7.58. The fraction of sp³-hybridized carbons (Fsp3) is 0.818. The molecule has 1 aliphatic rings. The van der Waals surface area contributed by atoms with E-state index >= 15 is 0 Å². The van der Waals surface area contributed by atoms with E-state index in [1.54, 1.807) is 0 Å². The van der Waals surface area contributed by atoms with Crippen LogP contribution in [-0.4, -0.2) is 37.4 Å². The molecule has 0 spiro atoms. The molecule has 0 heterocycles. The zero-order valence-corrected chi connectivity index (χ0v) is 9.64. The number of aliphatic carboxylic acids is 1. The summed E-state index contributed by atoms with van der Waals surface area (Å²) in [7, 11) is 3.03. The zero-order valence-electron chi connectivity index (χ0n) is 9.64. The molecule has 0 aliphatic heterocycles. The van der Waals surface area contributed by atoms with Gasteiger partial charge in [0.05, 0.1) is 0 Å². The van der Waals surface area contributed by atoms with Crippen LogP contribution in [0.5, 0.6) is 0 Å². The molecular weight excluding hydrogens is 212 g/mol. The first kappa shape index (κ1) is 13.1. The number of carboxylic acid groups (broad SMARTS) is 1. The summed E-state index contributed by atoms with van der Waals surface area (Å²) in [6, 6.07) is 0. The van der Waals surface area contributed by atoms with E-state index in [1.807, 2.05) is 0 Å². The van der Waals surface area contributed by atoms with Crippen molar-refractivity contribution in [2.45, 2.75) is 32.0 Å². The minimum Gasteiger partial charge on any atom is -0.481 e. The second-order valence-electron chi connectivity index (χ2n) is 4.11. The Morgan fingerprint density at radius 3 is 2.62 bits per heavy atom. The first-order valence-electron chi connectivity index (χ1n) is 5.38. The molecule has 1 aliphatic carbocycles. The summed E-state index contributed by atoms with van der Waals surface area (Å²) in [5.74, 6) is -1.03. The second-order valence-corrected chi connectivity index (χ2v) is 4.11. The standard InChI is InChI=1S/C11H18O5/c1-15-11(16-2)6-8-7(5-10(13)14)3-4-9(8)12/h7-8,11H,3-6H2,1-2H3,(H,13,14). The number of ketones is 1. The van der Waals surface area contributed by atoms with Crippen molar-refractivity contribution in [2.24, 2.45) is 11.8 Å². The minimum absolute atomic E-state index is 0.0521. The Labute approximate surface area is 94.7 Å².